The Balaban J connectivity index is 2.02. The van der Waals surface area contributed by atoms with Crippen LogP contribution in [0, 0.1) is 0 Å². The Morgan fingerprint density at radius 3 is 2.32 bits per heavy atom. The molecule has 1 saturated heterocycles. The number of halogens is 3. The van der Waals surface area contributed by atoms with Crippen LogP contribution in [-0.2, 0) is 21.0 Å². The molecule has 138 valence electrons. The molecule has 25 heavy (non-hydrogen) atoms. The van der Waals surface area contributed by atoms with Crippen molar-refractivity contribution in [2.24, 2.45) is 0 Å². The molecule has 6 nitrogen and oxygen atoms in total. The van der Waals surface area contributed by atoms with Crippen molar-refractivity contribution in [3.63, 3.8) is 0 Å². The molecule has 0 radical (unpaired) electrons. The highest BCUT2D eigenvalue weighted by atomic mass is 19.4. The normalized spacial score (nSPS) is 20.9. The lowest BCUT2D eigenvalue weighted by Gasteiger charge is -2.45. The second-order valence-electron chi connectivity index (χ2n) is 6.53. The van der Waals surface area contributed by atoms with Gasteiger partial charge in [0.1, 0.15) is 18.2 Å². The molecule has 0 aromatic heterocycles. The van der Waals surface area contributed by atoms with E-state index in [0.29, 0.717) is 5.56 Å². The molecule has 1 aromatic rings. The number of benzene rings is 1. The van der Waals surface area contributed by atoms with E-state index in [-0.39, 0.29) is 11.7 Å². The number of β-lactam (4-membered cyclic amide) rings is 1. The predicted molar refractivity (Wildman–Crippen MR) is 81.1 cm³/mol. The van der Waals surface area contributed by atoms with E-state index in [2.05, 4.69) is 0 Å². The van der Waals surface area contributed by atoms with Crippen molar-refractivity contribution >= 4 is 12.0 Å². The number of rotatable bonds is 4. The van der Waals surface area contributed by atoms with Gasteiger partial charge in [-0.15, -0.1) is 0 Å². The third-order valence-electron chi connectivity index (χ3n) is 3.27. The van der Waals surface area contributed by atoms with Crippen molar-refractivity contribution in [1.29, 1.82) is 0 Å². The molecule has 1 aliphatic rings. The molecule has 0 aliphatic carbocycles. The lowest BCUT2D eigenvalue weighted by molar-refractivity contribution is -0.304. The van der Waals surface area contributed by atoms with Gasteiger partial charge in [0.05, 0.1) is 0 Å². The molecule has 1 aromatic carbocycles. The van der Waals surface area contributed by atoms with Gasteiger partial charge < -0.3 is 10.1 Å². The highest BCUT2D eigenvalue weighted by Crippen LogP contribution is 2.35. The molecule has 1 fully saturated rings. The van der Waals surface area contributed by atoms with Gasteiger partial charge in [0.2, 0.25) is 0 Å². The Kier molecular flexibility index (Phi) is 5.26. The van der Waals surface area contributed by atoms with Crippen molar-refractivity contribution in [3.8, 4) is 0 Å². The van der Waals surface area contributed by atoms with Crippen LogP contribution >= 0.6 is 0 Å². The molecule has 2 atom stereocenters. The van der Waals surface area contributed by atoms with Gasteiger partial charge in [-0.25, -0.2) is 9.86 Å². The smallest absolute Gasteiger partial charge is 0.413 e. The van der Waals surface area contributed by atoms with Crippen LogP contribution in [-0.4, -0.2) is 40.9 Å². The van der Waals surface area contributed by atoms with E-state index in [0.717, 1.165) is 0 Å². The van der Waals surface area contributed by atoms with E-state index >= 15 is 0 Å². The van der Waals surface area contributed by atoms with Gasteiger partial charge in [-0.2, -0.15) is 13.2 Å². The summed E-state index contributed by atoms with van der Waals surface area (Å²) in [5, 5.41) is 2.20. The summed E-state index contributed by atoms with van der Waals surface area (Å²) in [5.41, 5.74) is -0.284. The van der Waals surface area contributed by atoms with Gasteiger partial charge >= 0.3 is 12.3 Å². The number of carbonyl (C=O) groups is 2. The van der Waals surface area contributed by atoms with E-state index < -0.39 is 35.9 Å². The van der Waals surface area contributed by atoms with Crippen LogP contribution in [0.5, 0.6) is 0 Å². The summed E-state index contributed by atoms with van der Waals surface area (Å²) < 4.78 is 44.6. The lowest BCUT2D eigenvalue weighted by Crippen LogP contribution is -2.75. The molecular formula is C16H19F3N2O4. The minimum absolute atomic E-state index is 0.196. The van der Waals surface area contributed by atoms with Crippen molar-refractivity contribution in [1.82, 2.24) is 10.4 Å². The number of ether oxygens (including phenoxy) is 1. The highest BCUT2D eigenvalue weighted by Gasteiger charge is 2.63. The van der Waals surface area contributed by atoms with E-state index in [4.69, 9.17) is 9.57 Å². The zero-order valence-electron chi connectivity index (χ0n) is 14.0. The zero-order chi connectivity index (χ0) is 18.8. The van der Waals surface area contributed by atoms with Crippen molar-refractivity contribution in [2.75, 3.05) is 0 Å². The average molecular weight is 360 g/mol. The van der Waals surface area contributed by atoms with Gasteiger partial charge in [-0.3, -0.25) is 9.63 Å². The standard InChI is InChI=1S/C16H19F3N2O4/c1-15(2,3)25-14(23)20-11-12(16(17,18)19)21(13(11)22)24-9-10-7-5-4-6-8-10/h4-8,11-12H,9H2,1-3H3,(H,20,23). The maximum Gasteiger partial charge on any atom is 0.413 e. The molecule has 2 rings (SSSR count). The monoisotopic (exact) mass is 360 g/mol. The molecular weight excluding hydrogens is 341 g/mol. The van der Waals surface area contributed by atoms with Crippen LogP contribution in [0.15, 0.2) is 30.3 Å². The van der Waals surface area contributed by atoms with Gasteiger partial charge in [0, 0.05) is 0 Å². The van der Waals surface area contributed by atoms with E-state index in [1.54, 1.807) is 51.1 Å². The zero-order valence-corrected chi connectivity index (χ0v) is 14.0. The minimum atomic E-state index is -4.76. The molecule has 2 unspecified atom stereocenters. The van der Waals surface area contributed by atoms with Crippen LogP contribution in [0.2, 0.25) is 0 Å². The second kappa shape index (κ2) is 6.91. The molecule has 0 bridgehead atoms. The summed E-state index contributed by atoms with van der Waals surface area (Å²) in [6.07, 6.45) is -5.85. The van der Waals surface area contributed by atoms with Gasteiger partial charge in [-0.1, -0.05) is 30.3 Å². The topological polar surface area (TPSA) is 67.9 Å². The number of alkyl carbamates (subject to hydrolysis) is 1. The number of nitrogens with zero attached hydrogens (tertiary/aromatic N) is 1. The van der Waals surface area contributed by atoms with E-state index in [1.165, 1.54) is 0 Å². The summed E-state index contributed by atoms with van der Waals surface area (Å²) >= 11 is 0. The Bertz CT molecular complexity index is 629. The minimum Gasteiger partial charge on any atom is -0.444 e. The van der Waals surface area contributed by atoms with Crippen molar-refractivity contribution in [2.45, 2.75) is 51.2 Å². The SMILES string of the molecule is CC(C)(C)OC(=O)NC1C(=O)N(OCc2ccccc2)C1C(F)(F)F. The fraction of sp³-hybridized carbons (Fsp3) is 0.500. The van der Waals surface area contributed by atoms with Crippen molar-refractivity contribution in [3.05, 3.63) is 35.9 Å². The highest BCUT2D eigenvalue weighted by molar-refractivity contribution is 5.91. The molecule has 1 N–H and O–H groups in total. The van der Waals surface area contributed by atoms with Crippen LogP contribution in [0.4, 0.5) is 18.0 Å². The molecule has 9 heteroatoms. The predicted octanol–water partition coefficient (Wildman–Crippen LogP) is 2.78. The number of hydrogen-bond acceptors (Lipinski definition) is 4. The Morgan fingerprint density at radius 1 is 1.20 bits per heavy atom. The third-order valence-corrected chi connectivity index (χ3v) is 3.27. The number of hydroxylamine groups is 2. The second-order valence-corrected chi connectivity index (χ2v) is 6.53. The Labute approximate surface area is 142 Å². The van der Waals surface area contributed by atoms with Crippen LogP contribution in [0.25, 0.3) is 0 Å². The first-order valence-electron chi connectivity index (χ1n) is 7.55. The first-order valence-corrected chi connectivity index (χ1v) is 7.55. The Hall–Kier alpha value is -2.29. The number of alkyl halides is 3. The molecule has 0 spiro atoms. The van der Waals surface area contributed by atoms with E-state index in [1.807, 2.05) is 5.32 Å². The number of amides is 2. The summed E-state index contributed by atoms with van der Waals surface area (Å²) in [6.45, 7) is 4.49. The first-order chi connectivity index (χ1) is 11.5. The fourth-order valence-electron chi connectivity index (χ4n) is 2.22. The maximum absolute atomic E-state index is 13.2. The number of hydrogen-bond donors (Lipinski definition) is 1. The van der Waals surface area contributed by atoms with Crippen LogP contribution in [0.1, 0.15) is 26.3 Å². The summed E-state index contributed by atoms with van der Waals surface area (Å²) in [6, 6.07) is 4.42. The summed E-state index contributed by atoms with van der Waals surface area (Å²) in [7, 11) is 0. The van der Waals surface area contributed by atoms with Crippen LogP contribution in [0.3, 0.4) is 0 Å². The van der Waals surface area contributed by atoms with Gasteiger partial charge in [-0.05, 0) is 26.3 Å². The summed E-state index contributed by atoms with van der Waals surface area (Å²) in [5.74, 6) is -0.982. The molecule has 2 amide bonds. The third kappa shape index (κ3) is 4.85. The average Bonchev–Trinajstić information content (AvgIpc) is 2.47. The molecule has 1 heterocycles. The van der Waals surface area contributed by atoms with Crippen molar-refractivity contribution < 1.29 is 32.3 Å². The Morgan fingerprint density at radius 2 is 1.80 bits per heavy atom. The number of nitrogens with one attached hydrogen (secondary N) is 1. The van der Waals surface area contributed by atoms with E-state index in [9.17, 15) is 22.8 Å². The van der Waals surface area contributed by atoms with Gasteiger partial charge in [0.25, 0.3) is 5.91 Å². The summed E-state index contributed by atoms with van der Waals surface area (Å²) in [4.78, 5) is 28.6. The quantitative estimate of drug-likeness (QED) is 0.839. The molecule has 0 saturated carbocycles. The lowest BCUT2D eigenvalue weighted by atomic mass is 9.98. The van der Waals surface area contributed by atoms with Crippen LogP contribution < -0.4 is 5.32 Å². The maximum atomic E-state index is 13.2. The van der Waals surface area contributed by atoms with Gasteiger partial charge in [0.15, 0.2) is 6.04 Å². The largest absolute Gasteiger partial charge is 0.444 e. The number of carbonyl (C=O) groups excluding carboxylic acids is 2. The molecule has 1 aliphatic heterocycles. The first kappa shape index (κ1) is 19.0. The fourth-order valence-corrected chi connectivity index (χ4v) is 2.22.